The third-order valence-electron chi connectivity index (χ3n) is 3.63. The first-order chi connectivity index (χ1) is 8.36. The lowest BCUT2D eigenvalue weighted by molar-refractivity contribution is -0.0680. The predicted octanol–water partition coefficient (Wildman–Crippen LogP) is 3.05. The molecule has 1 aliphatic carbocycles. The average molecular weight is 234 g/mol. The van der Waals surface area contributed by atoms with Gasteiger partial charge in [0.2, 0.25) is 0 Å². The van der Waals surface area contributed by atoms with Gasteiger partial charge >= 0.3 is 0 Å². The van der Waals surface area contributed by atoms with Crippen molar-refractivity contribution in [3.8, 4) is 5.75 Å². The van der Waals surface area contributed by atoms with E-state index in [1.807, 2.05) is 24.3 Å². The van der Waals surface area contributed by atoms with Gasteiger partial charge in [0.25, 0.3) is 0 Å². The summed E-state index contributed by atoms with van der Waals surface area (Å²) in [5.41, 5.74) is 1.08. The molecule has 0 radical (unpaired) electrons. The van der Waals surface area contributed by atoms with E-state index < -0.39 is 0 Å². The van der Waals surface area contributed by atoms with Crippen molar-refractivity contribution in [3.63, 3.8) is 0 Å². The van der Waals surface area contributed by atoms with Crippen molar-refractivity contribution in [2.75, 3.05) is 7.11 Å². The Morgan fingerprint density at radius 1 is 1.00 bits per heavy atom. The second-order valence-electron chi connectivity index (χ2n) is 4.74. The molecule has 1 saturated heterocycles. The highest BCUT2D eigenvalue weighted by Crippen LogP contribution is 2.38. The van der Waals surface area contributed by atoms with Crippen LogP contribution in [0, 0.1) is 0 Å². The first kappa shape index (κ1) is 11.1. The summed E-state index contributed by atoms with van der Waals surface area (Å²) in [5, 5.41) is 0. The number of hydrogen-bond donors (Lipinski definition) is 0. The van der Waals surface area contributed by atoms with Crippen LogP contribution >= 0.6 is 0 Å². The molecule has 0 spiro atoms. The van der Waals surface area contributed by atoms with Crippen LogP contribution in [0.5, 0.6) is 5.75 Å². The van der Waals surface area contributed by atoms with Gasteiger partial charge in [0.15, 0.2) is 6.29 Å². The number of rotatable bonds is 2. The van der Waals surface area contributed by atoms with Crippen molar-refractivity contribution in [3.05, 3.63) is 29.8 Å². The van der Waals surface area contributed by atoms with Gasteiger partial charge in [-0.2, -0.15) is 0 Å². The number of fused-ring (bicyclic) bond motifs is 1. The van der Waals surface area contributed by atoms with Crippen molar-refractivity contribution < 1.29 is 14.2 Å². The van der Waals surface area contributed by atoms with Crippen LogP contribution in [0.15, 0.2) is 24.3 Å². The first-order valence-corrected chi connectivity index (χ1v) is 6.32. The molecule has 0 amide bonds. The van der Waals surface area contributed by atoms with E-state index in [4.69, 9.17) is 14.2 Å². The van der Waals surface area contributed by atoms with Crippen LogP contribution in [0.2, 0.25) is 0 Å². The monoisotopic (exact) mass is 234 g/mol. The van der Waals surface area contributed by atoms with Crippen molar-refractivity contribution in [2.24, 2.45) is 0 Å². The molecule has 0 aromatic heterocycles. The molecule has 1 heterocycles. The van der Waals surface area contributed by atoms with E-state index in [2.05, 4.69) is 0 Å². The smallest absolute Gasteiger partial charge is 0.184 e. The van der Waals surface area contributed by atoms with Gasteiger partial charge in [-0.1, -0.05) is 25.0 Å². The lowest BCUT2D eigenvalue weighted by atomic mass is 9.95. The summed E-state index contributed by atoms with van der Waals surface area (Å²) in [6.45, 7) is 0. The lowest BCUT2D eigenvalue weighted by Crippen LogP contribution is -2.25. The highest BCUT2D eigenvalue weighted by Gasteiger charge is 2.38. The van der Waals surface area contributed by atoms with E-state index in [1.54, 1.807) is 7.11 Å². The maximum absolute atomic E-state index is 5.96. The average Bonchev–Trinajstić information content (AvgIpc) is 2.82. The van der Waals surface area contributed by atoms with E-state index in [1.165, 1.54) is 12.8 Å². The van der Waals surface area contributed by atoms with Gasteiger partial charge in [-0.25, -0.2) is 0 Å². The van der Waals surface area contributed by atoms with Crippen LogP contribution in [-0.4, -0.2) is 19.3 Å². The standard InChI is InChI=1S/C14H18O3/c1-15-11-8-6-10(7-9-11)14-16-12-4-2-3-5-13(12)17-14/h6-9,12-14H,2-5H2,1H3/t12-,13-/m0/s1. The van der Waals surface area contributed by atoms with E-state index in [9.17, 15) is 0 Å². The van der Waals surface area contributed by atoms with Crippen molar-refractivity contribution >= 4 is 0 Å². The molecule has 92 valence electrons. The van der Waals surface area contributed by atoms with Gasteiger partial charge in [0.1, 0.15) is 5.75 Å². The van der Waals surface area contributed by atoms with Crippen molar-refractivity contribution in [2.45, 2.75) is 44.2 Å². The van der Waals surface area contributed by atoms with Crippen molar-refractivity contribution in [1.29, 1.82) is 0 Å². The molecule has 2 fully saturated rings. The third-order valence-corrected chi connectivity index (χ3v) is 3.63. The minimum absolute atomic E-state index is 0.186. The summed E-state index contributed by atoms with van der Waals surface area (Å²) in [4.78, 5) is 0. The fourth-order valence-electron chi connectivity index (χ4n) is 2.64. The largest absolute Gasteiger partial charge is 0.497 e. The van der Waals surface area contributed by atoms with Gasteiger partial charge < -0.3 is 14.2 Å². The molecular weight excluding hydrogens is 216 g/mol. The molecule has 0 bridgehead atoms. The summed E-state index contributed by atoms with van der Waals surface area (Å²) in [7, 11) is 1.67. The van der Waals surface area contributed by atoms with Crippen LogP contribution in [0.1, 0.15) is 37.5 Å². The van der Waals surface area contributed by atoms with Gasteiger partial charge in [-0.3, -0.25) is 0 Å². The number of methoxy groups -OCH3 is 1. The number of ether oxygens (including phenoxy) is 3. The second-order valence-corrected chi connectivity index (χ2v) is 4.74. The fraction of sp³-hybridized carbons (Fsp3) is 0.571. The minimum Gasteiger partial charge on any atom is -0.497 e. The van der Waals surface area contributed by atoms with E-state index >= 15 is 0 Å². The second kappa shape index (κ2) is 4.67. The summed E-state index contributed by atoms with van der Waals surface area (Å²) in [5.74, 6) is 0.865. The molecule has 3 nitrogen and oxygen atoms in total. The molecule has 0 unspecified atom stereocenters. The Balaban J connectivity index is 1.72. The maximum Gasteiger partial charge on any atom is 0.184 e. The van der Waals surface area contributed by atoms with Crippen molar-refractivity contribution in [1.82, 2.24) is 0 Å². The molecule has 0 N–H and O–H groups in total. The Bertz CT molecular complexity index is 360. The number of hydrogen-bond acceptors (Lipinski definition) is 3. The Kier molecular flexibility index (Phi) is 3.04. The first-order valence-electron chi connectivity index (χ1n) is 6.32. The predicted molar refractivity (Wildman–Crippen MR) is 63.9 cm³/mol. The summed E-state index contributed by atoms with van der Waals surface area (Å²) >= 11 is 0. The maximum atomic E-state index is 5.96. The Labute approximate surface area is 102 Å². The van der Waals surface area contributed by atoms with E-state index in [-0.39, 0.29) is 6.29 Å². The van der Waals surface area contributed by atoms with Crippen LogP contribution in [-0.2, 0) is 9.47 Å². The topological polar surface area (TPSA) is 27.7 Å². The normalized spacial score (nSPS) is 29.0. The van der Waals surface area contributed by atoms with Gasteiger partial charge in [0, 0.05) is 5.56 Å². The zero-order chi connectivity index (χ0) is 11.7. The molecule has 1 saturated carbocycles. The molecule has 1 aromatic carbocycles. The van der Waals surface area contributed by atoms with Gasteiger partial charge in [-0.05, 0) is 25.0 Å². The molecule has 3 heteroatoms. The quantitative estimate of drug-likeness (QED) is 0.787. The molecule has 2 aliphatic rings. The molecular formula is C14H18O3. The highest BCUT2D eigenvalue weighted by atomic mass is 16.7. The minimum atomic E-state index is -0.186. The fourth-order valence-corrected chi connectivity index (χ4v) is 2.64. The van der Waals surface area contributed by atoms with Gasteiger partial charge in [-0.15, -0.1) is 0 Å². The summed E-state index contributed by atoms with van der Waals surface area (Å²) < 4.78 is 17.1. The van der Waals surface area contributed by atoms with Crippen LogP contribution in [0.4, 0.5) is 0 Å². The summed E-state index contributed by atoms with van der Waals surface area (Å²) in [6, 6.07) is 7.93. The van der Waals surface area contributed by atoms with Gasteiger partial charge in [0.05, 0.1) is 19.3 Å². The zero-order valence-corrected chi connectivity index (χ0v) is 10.1. The Morgan fingerprint density at radius 3 is 2.12 bits per heavy atom. The number of benzene rings is 1. The summed E-state index contributed by atoms with van der Waals surface area (Å²) in [6.07, 6.45) is 5.22. The lowest BCUT2D eigenvalue weighted by Gasteiger charge is -2.21. The van der Waals surface area contributed by atoms with E-state index in [0.29, 0.717) is 12.2 Å². The highest BCUT2D eigenvalue weighted by molar-refractivity contribution is 5.28. The molecule has 17 heavy (non-hydrogen) atoms. The third kappa shape index (κ3) is 2.17. The molecule has 1 aliphatic heterocycles. The van der Waals surface area contributed by atoms with Crippen LogP contribution < -0.4 is 4.74 Å². The molecule has 1 aromatic rings. The Morgan fingerprint density at radius 2 is 1.59 bits per heavy atom. The molecule has 3 rings (SSSR count). The zero-order valence-electron chi connectivity index (χ0n) is 10.1. The SMILES string of the molecule is COc1ccc(C2O[C@H]3CCCC[C@@H]3O2)cc1. The Hall–Kier alpha value is -1.06. The van der Waals surface area contributed by atoms with Crippen LogP contribution in [0.3, 0.4) is 0 Å². The van der Waals surface area contributed by atoms with E-state index in [0.717, 1.165) is 24.2 Å². The van der Waals surface area contributed by atoms with Crippen LogP contribution in [0.25, 0.3) is 0 Å². The molecule has 2 atom stereocenters.